The van der Waals surface area contributed by atoms with Crippen molar-refractivity contribution in [3.63, 3.8) is 0 Å². The second-order valence-corrected chi connectivity index (χ2v) is 5.36. The van der Waals surface area contributed by atoms with E-state index in [-0.39, 0.29) is 18.6 Å². The van der Waals surface area contributed by atoms with Crippen molar-refractivity contribution in [2.24, 2.45) is 0 Å². The average Bonchev–Trinajstić information content (AvgIpc) is 2.90. The van der Waals surface area contributed by atoms with E-state index in [4.69, 9.17) is 9.84 Å². The van der Waals surface area contributed by atoms with Gasteiger partial charge in [0.05, 0.1) is 6.61 Å². The number of rotatable bonds is 10. The number of ether oxygens (including phenoxy) is 1. The van der Waals surface area contributed by atoms with Crippen molar-refractivity contribution in [2.75, 3.05) is 32.8 Å². The molecule has 2 atom stereocenters. The summed E-state index contributed by atoms with van der Waals surface area (Å²) in [5.41, 5.74) is 0. The topological polar surface area (TPSA) is 61.8 Å². The van der Waals surface area contributed by atoms with E-state index in [2.05, 4.69) is 17.1 Å². The first kappa shape index (κ1) is 17.4. The van der Waals surface area contributed by atoms with Crippen molar-refractivity contribution < 1.29 is 14.6 Å². The van der Waals surface area contributed by atoms with Crippen molar-refractivity contribution >= 4 is 5.97 Å². The van der Waals surface area contributed by atoms with Gasteiger partial charge in [0.15, 0.2) is 0 Å². The van der Waals surface area contributed by atoms with E-state index in [1.165, 1.54) is 19.3 Å². The van der Waals surface area contributed by atoms with Gasteiger partial charge >= 0.3 is 5.97 Å². The van der Waals surface area contributed by atoms with Gasteiger partial charge in [-0.05, 0) is 52.1 Å². The summed E-state index contributed by atoms with van der Waals surface area (Å²) in [5.74, 6) is -0.169. The van der Waals surface area contributed by atoms with Crippen LogP contribution in [0.15, 0.2) is 0 Å². The molecule has 0 aliphatic carbocycles. The third-order valence-electron chi connectivity index (χ3n) is 3.97. The maximum absolute atomic E-state index is 11.9. The summed E-state index contributed by atoms with van der Waals surface area (Å²) in [6.07, 6.45) is 5.17. The van der Waals surface area contributed by atoms with Crippen molar-refractivity contribution in [1.82, 2.24) is 10.2 Å². The zero-order valence-corrected chi connectivity index (χ0v) is 12.9. The Morgan fingerprint density at radius 2 is 2.30 bits per heavy atom. The van der Waals surface area contributed by atoms with Crippen molar-refractivity contribution in [1.29, 1.82) is 0 Å². The number of hydrogen-bond acceptors (Lipinski definition) is 5. The van der Waals surface area contributed by atoms with Gasteiger partial charge in [-0.25, -0.2) is 0 Å². The third-order valence-corrected chi connectivity index (χ3v) is 3.97. The molecule has 0 aromatic carbocycles. The second kappa shape index (κ2) is 10.1. The zero-order valence-electron chi connectivity index (χ0n) is 12.9. The molecule has 0 spiro atoms. The molecule has 2 N–H and O–H groups in total. The Bertz CT molecular complexity index is 274. The number of aliphatic hydroxyl groups is 1. The lowest BCUT2D eigenvalue weighted by Crippen LogP contribution is -2.42. The lowest BCUT2D eigenvalue weighted by Gasteiger charge is -2.25. The maximum atomic E-state index is 11.9. The number of nitrogens with one attached hydrogen (secondary N) is 1. The molecule has 1 heterocycles. The highest BCUT2D eigenvalue weighted by atomic mass is 16.5. The van der Waals surface area contributed by atoms with Crippen LogP contribution in [0.2, 0.25) is 0 Å². The van der Waals surface area contributed by atoms with E-state index in [1.54, 1.807) is 0 Å². The van der Waals surface area contributed by atoms with Gasteiger partial charge < -0.3 is 20.1 Å². The molecule has 0 amide bonds. The number of hydrogen-bond donors (Lipinski definition) is 2. The highest BCUT2D eigenvalue weighted by Crippen LogP contribution is 2.20. The van der Waals surface area contributed by atoms with Crippen LogP contribution in [0.4, 0.5) is 0 Å². The number of nitrogens with zero attached hydrogens (tertiary/aromatic N) is 1. The minimum Gasteiger partial charge on any atom is -0.465 e. The first-order chi connectivity index (χ1) is 9.72. The third kappa shape index (κ3) is 5.77. The zero-order chi connectivity index (χ0) is 14.8. The predicted octanol–water partition coefficient (Wildman–Crippen LogP) is 1.15. The van der Waals surface area contributed by atoms with Crippen LogP contribution in [0.1, 0.15) is 46.0 Å². The maximum Gasteiger partial charge on any atom is 0.323 e. The monoisotopic (exact) mass is 286 g/mol. The largest absolute Gasteiger partial charge is 0.465 e. The number of esters is 1. The standard InChI is InChI=1S/C15H30N2O3/c1-3-13-7-5-10-17(13)11-8-14(15(19)20-4-2)16-9-6-12-18/h13-14,16,18H,3-12H2,1-2H3/t13-,14-/m1/s1. The second-order valence-electron chi connectivity index (χ2n) is 5.36. The average molecular weight is 286 g/mol. The lowest BCUT2D eigenvalue weighted by atomic mass is 10.1. The van der Waals surface area contributed by atoms with E-state index in [0.717, 1.165) is 19.5 Å². The summed E-state index contributed by atoms with van der Waals surface area (Å²) in [5, 5.41) is 12.0. The molecule has 0 aromatic heterocycles. The summed E-state index contributed by atoms with van der Waals surface area (Å²) in [4.78, 5) is 14.4. The van der Waals surface area contributed by atoms with Crippen LogP contribution in [0.5, 0.6) is 0 Å². The van der Waals surface area contributed by atoms with Gasteiger partial charge in [0.25, 0.3) is 0 Å². The molecule has 118 valence electrons. The van der Waals surface area contributed by atoms with Crippen molar-refractivity contribution in [3.05, 3.63) is 0 Å². The van der Waals surface area contributed by atoms with Gasteiger partial charge in [-0.3, -0.25) is 4.79 Å². The van der Waals surface area contributed by atoms with E-state index >= 15 is 0 Å². The Hall–Kier alpha value is -0.650. The van der Waals surface area contributed by atoms with Crippen LogP contribution in [-0.2, 0) is 9.53 Å². The SMILES string of the molecule is CCOC(=O)[C@@H](CCN1CCC[C@H]1CC)NCCCO. The molecular weight excluding hydrogens is 256 g/mol. The van der Waals surface area contributed by atoms with Crippen molar-refractivity contribution in [3.8, 4) is 0 Å². The van der Waals surface area contributed by atoms with E-state index in [9.17, 15) is 4.79 Å². The molecule has 5 heteroatoms. The van der Waals surface area contributed by atoms with E-state index in [0.29, 0.717) is 25.6 Å². The van der Waals surface area contributed by atoms with Gasteiger partial charge in [0.2, 0.25) is 0 Å². The van der Waals surface area contributed by atoms with Crippen LogP contribution in [0.25, 0.3) is 0 Å². The van der Waals surface area contributed by atoms with Gasteiger partial charge in [-0.1, -0.05) is 6.92 Å². The highest BCUT2D eigenvalue weighted by molar-refractivity contribution is 5.75. The highest BCUT2D eigenvalue weighted by Gasteiger charge is 2.25. The fourth-order valence-electron chi connectivity index (χ4n) is 2.85. The molecule has 1 aliphatic heterocycles. The summed E-state index contributed by atoms with van der Waals surface area (Å²) in [7, 11) is 0. The Balaban J connectivity index is 2.40. The normalized spacial score (nSPS) is 21.1. The van der Waals surface area contributed by atoms with Crippen LogP contribution in [0.3, 0.4) is 0 Å². The first-order valence-electron chi connectivity index (χ1n) is 7.97. The van der Waals surface area contributed by atoms with Gasteiger partial charge in [0.1, 0.15) is 6.04 Å². The van der Waals surface area contributed by atoms with Crippen LogP contribution >= 0.6 is 0 Å². The van der Waals surface area contributed by atoms with Crippen molar-refractivity contribution in [2.45, 2.75) is 58.0 Å². The molecule has 1 rings (SSSR count). The number of carbonyl (C=O) groups is 1. The molecule has 0 aromatic rings. The number of carbonyl (C=O) groups excluding carboxylic acids is 1. The van der Waals surface area contributed by atoms with Crippen LogP contribution in [0, 0.1) is 0 Å². The number of aliphatic hydroxyl groups excluding tert-OH is 1. The molecule has 0 bridgehead atoms. The molecule has 0 radical (unpaired) electrons. The van der Waals surface area contributed by atoms with Gasteiger partial charge in [-0.15, -0.1) is 0 Å². The lowest BCUT2D eigenvalue weighted by molar-refractivity contribution is -0.146. The van der Waals surface area contributed by atoms with Crippen LogP contribution in [-0.4, -0.2) is 60.9 Å². The molecule has 20 heavy (non-hydrogen) atoms. The van der Waals surface area contributed by atoms with E-state index in [1.807, 2.05) is 6.92 Å². The minimum atomic E-state index is -0.250. The summed E-state index contributed by atoms with van der Waals surface area (Å²) >= 11 is 0. The quantitative estimate of drug-likeness (QED) is 0.466. The Labute approximate surface area is 122 Å². The summed E-state index contributed by atoms with van der Waals surface area (Å²) < 4.78 is 5.12. The molecule has 1 fully saturated rings. The molecule has 0 unspecified atom stereocenters. The predicted molar refractivity (Wildman–Crippen MR) is 79.6 cm³/mol. The molecule has 0 saturated carbocycles. The van der Waals surface area contributed by atoms with E-state index < -0.39 is 0 Å². The summed E-state index contributed by atoms with van der Waals surface area (Å²) in [6.45, 7) is 7.35. The van der Waals surface area contributed by atoms with Gasteiger partial charge in [-0.2, -0.15) is 0 Å². The molecule has 5 nitrogen and oxygen atoms in total. The fourth-order valence-corrected chi connectivity index (χ4v) is 2.85. The smallest absolute Gasteiger partial charge is 0.323 e. The summed E-state index contributed by atoms with van der Waals surface area (Å²) in [6, 6.07) is 0.426. The van der Waals surface area contributed by atoms with Crippen LogP contribution < -0.4 is 5.32 Å². The van der Waals surface area contributed by atoms with Gasteiger partial charge in [0, 0.05) is 19.2 Å². The minimum absolute atomic E-state index is 0.145. The molecule has 1 aliphatic rings. The Kier molecular flexibility index (Phi) is 8.82. The molecular formula is C15H30N2O3. The molecule has 1 saturated heterocycles. The Morgan fingerprint density at radius 1 is 1.50 bits per heavy atom. The number of likely N-dealkylation sites (tertiary alicyclic amines) is 1. The fraction of sp³-hybridized carbons (Fsp3) is 0.933. The first-order valence-corrected chi connectivity index (χ1v) is 7.97. The Morgan fingerprint density at radius 3 is 2.95 bits per heavy atom.